The number of oxime groups is 1. The van der Waals surface area contributed by atoms with E-state index in [0.717, 1.165) is 11.3 Å². The van der Waals surface area contributed by atoms with Gasteiger partial charge in [-0.2, -0.15) is 5.10 Å². The third-order valence-corrected chi connectivity index (χ3v) is 1.55. The Labute approximate surface area is 65.1 Å². The van der Waals surface area contributed by atoms with Gasteiger partial charge in [0, 0.05) is 18.8 Å². The molecule has 4 heteroatoms. The van der Waals surface area contributed by atoms with Gasteiger partial charge < -0.3 is 5.21 Å². The Kier molecular flexibility index (Phi) is 1.94. The summed E-state index contributed by atoms with van der Waals surface area (Å²) >= 11 is 0. The first-order valence-corrected chi connectivity index (χ1v) is 3.34. The van der Waals surface area contributed by atoms with E-state index in [1.807, 2.05) is 20.2 Å². The van der Waals surface area contributed by atoms with E-state index in [0.29, 0.717) is 5.71 Å². The van der Waals surface area contributed by atoms with Crippen LogP contribution in [0.15, 0.2) is 11.4 Å². The molecule has 0 saturated heterocycles. The highest BCUT2D eigenvalue weighted by Crippen LogP contribution is 2.05. The number of rotatable bonds is 1. The van der Waals surface area contributed by atoms with Gasteiger partial charge in [0.15, 0.2) is 0 Å². The fraction of sp³-hybridized carbons (Fsp3) is 0.429. The number of hydrogen-bond acceptors (Lipinski definition) is 3. The summed E-state index contributed by atoms with van der Waals surface area (Å²) in [4.78, 5) is 0. The molecule has 60 valence electrons. The SMILES string of the molecule is C/C(=N/O)c1cn(C)nc1C. The average Bonchev–Trinajstić information content (AvgIpc) is 2.28. The molecule has 0 unspecified atom stereocenters. The molecule has 1 N–H and O–H groups in total. The van der Waals surface area contributed by atoms with Crippen LogP contribution in [-0.4, -0.2) is 20.7 Å². The molecule has 11 heavy (non-hydrogen) atoms. The Morgan fingerprint density at radius 3 is 2.73 bits per heavy atom. The van der Waals surface area contributed by atoms with Crippen LogP contribution in [0.5, 0.6) is 0 Å². The molecule has 0 radical (unpaired) electrons. The van der Waals surface area contributed by atoms with Gasteiger partial charge in [0.2, 0.25) is 0 Å². The Hall–Kier alpha value is -1.32. The molecule has 0 bridgehead atoms. The second kappa shape index (κ2) is 2.74. The van der Waals surface area contributed by atoms with Crippen molar-refractivity contribution < 1.29 is 5.21 Å². The zero-order chi connectivity index (χ0) is 8.43. The summed E-state index contributed by atoms with van der Waals surface area (Å²) in [5.74, 6) is 0. The van der Waals surface area contributed by atoms with Gasteiger partial charge >= 0.3 is 0 Å². The molecule has 1 aromatic heterocycles. The standard InChI is InChI=1S/C7H11N3O/c1-5-7(6(2)9-11)4-10(3)8-5/h4,11H,1-3H3/b9-6-. The molecule has 0 aliphatic carbocycles. The minimum atomic E-state index is 0.593. The molecule has 1 rings (SSSR count). The van der Waals surface area contributed by atoms with Crippen LogP contribution in [0.3, 0.4) is 0 Å². The quantitative estimate of drug-likeness (QED) is 0.370. The van der Waals surface area contributed by atoms with Crippen molar-refractivity contribution in [1.29, 1.82) is 0 Å². The van der Waals surface area contributed by atoms with Crippen LogP contribution < -0.4 is 0 Å². The number of aromatic nitrogens is 2. The molecular weight excluding hydrogens is 142 g/mol. The molecule has 0 saturated carbocycles. The maximum absolute atomic E-state index is 8.47. The minimum Gasteiger partial charge on any atom is -0.411 e. The summed E-state index contributed by atoms with van der Waals surface area (Å²) in [5.41, 5.74) is 2.36. The molecule has 0 aromatic carbocycles. The summed E-state index contributed by atoms with van der Waals surface area (Å²) in [6.45, 7) is 3.62. The van der Waals surface area contributed by atoms with Crippen LogP contribution in [0.4, 0.5) is 0 Å². The van der Waals surface area contributed by atoms with Crippen molar-refractivity contribution in [2.45, 2.75) is 13.8 Å². The zero-order valence-electron chi connectivity index (χ0n) is 6.87. The van der Waals surface area contributed by atoms with Gasteiger partial charge in [0.1, 0.15) is 0 Å². The first kappa shape index (κ1) is 7.78. The van der Waals surface area contributed by atoms with Gasteiger partial charge in [-0.3, -0.25) is 4.68 Å². The fourth-order valence-corrected chi connectivity index (χ4v) is 1.01. The van der Waals surface area contributed by atoms with Gasteiger partial charge in [-0.15, -0.1) is 0 Å². The van der Waals surface area contributed by atoms with Crippen LogP contribution in [0.2, 0.25) is 0 Å². The van der Waals surface area contributed by atoms with Crippen molar-refractivity contribution in [3.05, 3.63) is 17.5 Å². The third-order valence-electron chi connectivity index (χ3n) is 1.55. The number of nitrogens with zero attached hydrogens (tertiary/aromatic N) is 3. The van der Waals surface area contributed by atoms with Crippen LogP contribution in [0.25, 0.3) is 0 Å². The van der Waals surface area contributed by atoms with E-state index in [1.165, 1.54) is 0 Å². The van der Waals surface area contributed by atoms with Crippen molar-refractivity contribution in [3.8, 4) is 0 Å². The summed E-state index contributed by atoms with van der Waals surface area (Å²) in [6, 6.07) is 0. The van der Waals surface area contributed by atoms with Crippen LogP contribution in [0, 0.1) is 6.92 Å². The van der Waals surface area contributed by atoms with Gasteiger partial charge in [0.05, 0.1) is 11.4 Å². The van der Waals surface area contributed by atoms with E-state index in [9.17, 15) is 0 Å². The van der Waals surface area contributed by atoms with E-state index in [-0.39, 0.29) is 0 Å². The van der Waals surface area contributed by atoms with E-state index >= 15 is 0 Å². The van der Waals surface area contributed by atoms with Crippen LogP contribution >= 0.6 is 0 Å². The molecule has 0 aliphatic heterocycles. The summed E-state index contributed by atoms with van der Waals surface area (Å²) in [7, 11) is 1.83. The lowest BCUT2D eigenvalue weighted by Gasteiger charge is -1.91. The average molecular weight is 153 g/mol. The molecule has 0 spiro atoms. The van der Waals surface area contributed by atoms with Gasteiger partial charge in [-0.05, 0) is 13.8 Å². The zero-order valence-corrected chi connectivity index (χ0v) is 6.87. The maximum Gasteiger partial charge on any atom is 0.0871 e. The van der Waals surface area contributed by atoms with Crippen molar-refractivity contribution in [3.63, 3.8) is 0 Å². The smallest absolute Gasteiger partial charge is 0.0871 e. The predicted molar refractivity (Wildman–Crippen MR) is 41.9 cm³/mol. The van der Waals surface area contributed by atoms with Gasteiger partial charge in [0.25, 0.3) is 0 Å². The Bertz CT molecular complexity index is 288. The second-order valence-electron chi connectivity index (χ2n) is 2.49. The molecule has 0 aliphatic rings. The number of hydrogen-bond donors (Lipinski definition) is 1. The Balaban J connectivity index is 3.13. The third kappa shape index (κ3) is 1.39. The van der Waals surface area contributed by atoms with E-state index in [2.05, 4.69) is 10.3 Å². The maximum atomic E-state index is 8.47. The number of aryl methyl sites for hydroxylation is 2. The van der Waals surface area contributed by atoms with E-state index in [4.69, 9.17) is 5.21 Å². The summed E-state index contributed by atoms with van der Waals surface area (Å²) < 4.78 is 1.69. The molecule has 4 nitrogen and oxygen atoms in total. The predicted octanol–water partition coefficient (Wildman–Crippen LogP) is 0.927. The van der Waals surface area contributed by atoms with Crippen molar-refractivity contribution >= 4 is 5.71 Å². The van der Waals surface area contributed by atoms with Gasteiger partial charge in [-0.1, -0.05) is 5.16 Å². The highest BCUT2D eigenvalue weighted by molar-refractivity contribution is 5.98. The van der Waals surface area contributed by atoms with Crippen molar-refractivity contribution in [2.24, 2.45) is 12.2 Å². The van der Waals surface area contributed by atoms with Crippen molar-refractivity contribution in [1.82, 2.24) is 9.78 Å². The highest BCUT2D eigenvalue weighted by Gasteiger charge is 2.05. The summed E-state index contributed by atoms with van der Waals surface area (Å²) in [5, 5.41) is 15.7. The minimum absolute atomic E-state index is 0.593. The van der Waals surface area contributed by atoms with Gasteiger partial charge in [-0.25, -0.2) is 0 Å². The van der Waals surface area contributed by atoms with Crippen molar-refractivity contribution in [2.75, 3.05) is 0 Å². The molecule has 0 fully saturated rings. The molecule has 1 aromatic rings. The lowest BCUT2D eigenvalue weighted by atomic mass is 10.2. The second-order valence-corrected chi connectivity index (χ2v) is 2.49. The molecule has 1 heterocycles. The first-order chi connectivity index (χ1) is 5.15. The Morgan fingerprint density at radius 1 is 1.73 bits per heavy atom. The first-order valence-electron chi connectivity index (χ1n) is 3.34. The normalized spacial score (nSPS) is 12.1. The van der Waals surface area contributed by atoms with Crippen LogP contribution in [-0.2, 0) is 7.05 Å². The summed E-state index contributed by atoms with van der Waals surface area (Å²) in [6.07, 6.45) is 1.82. The Morgan fingerprint density at radius 2 is 2.36 bits per heavy atom. The highest BCUT2D eigenvalue weighted by atomic mass is 16.4. The van der Waals surface area contributed by atoms with E-state index in [1.54, 1.807) is 11.6 Å². The van der Waals surface area contributed by atoms with E-state index < -0.39 is 0 Å². The lowest BCUT2D eigenvalue weighted by molar-refractivity contribution is 0.319. The molecular formula is C7H11N3O. The largest absolute Gasteiger partial charge is 0.411 e. The van der Waals surface area contributed by atoms with Crippen LogP contribution in [0.1, 0.15) is 18.2 Å². The topological polar surface area (TPSA) is 50.4 Å². The molecule has 0 amide bonds. The molecule has 0 atom stereocenters. The fourth-order valence-electron chi connectivity index (χ4n) is 1.01. The lowest BCUT2D eigenvalue weighted by Crippen LogP contribution is -1.94. The monoisotopic (exact) mass is 153 g/mol.